The molecule has 1 saturated carbocycles. The minimum Gasteiger partial charge on any atom is -0.292 e. The van der Waals surface area contributed by atoms with Gasteiger partial charge in [0.25, 0.3) is 0 Å². The molecule has 184 valence electrons. The molecule has 10 heteroatoms. The number of sulfonamides is 1. The summed E-state index contributed by atoms with van der Waals surface area (Å²) in [5.41, 5.74) is 1.09. The number of nitriles is 1. The van der Waals surface area contributed by atoms with Crippen LogP contribution in [0.3, 0.4) is 0 Å². The van der Waals surface area contributed by atoms with E-state index in [-0.39, 0.29) is 10.6 Å². The summed E-state index contributed by atoms with van der Waals surface area (Å²) in [4.78, 5) is 6.71. The Morgan fingerprint density at radius 3 is 2.54 bits per heavy atom. The van der Waals surface area contributed by atoms with Crippen molar-refractivity contribution >= 4 is 10.0 Å². The fourth-order valence-corrected chi connectivity index (χ4v) is 5.12. The summed E-state index contributed by atoms with van der Waals surface area (Å²) in [5, 5.41) is 18.9. The van der Waals surface area contributed by atoms with Gasteiger partial charge >= 0.3 is 0 Å². The van der Waals surface area contributed by atoms with Gasteiger partial charge in [0.1, 0.15) is 17.3 Å². The molecule has 35 heavy (non-hydrogen) atoms. The molecule has 0 atom stereocenters. The Labute approximate surface area is 205 Å². The number of hydrogen-bond donors (Lipinski definition) is 1. The maximum absolute atomic E-state index is 15.1. The van der Waals surface area contributed by atoms with E-state index in [1.54, 1.807) is 0 Å². The van der Waals surface area contributed by atoms with Gasteiger partial charge in [-0.2, -0.15) is 5.26 Å². The van der Waals surface area contributed by atoms with Crippen LogP contribution in [0.1, 0.15) is 55.7 Å². The van der Waals surface area contributed by atoms with Gasteiger partial charge in [0.05, 0.1) is 17.5 Å². The van der Waals surface area contributed by atoms with Gasteiger partial charge in [0.15, 0.2) is 5.82 Å². The molecule has 1 fully saturated rings. The van der Waals surface area contributed by atoms with Crippen molar-refractivity contribution in [2.75, 3.05) is 6.54 Å². The average Bonchev–Trinajstić information content (AvgIpc) is 3.24. The van der Waals surface area contributed by atoms with Gasteiger partial charge in [-0.05, 0) is 36.6 Å². The summed E-state index contributed by atoms with van der Waals surface area (Å²) < 4.78 is 39.8. The third-order valence-electron chi connectivity index (χ3n) is 6.35. The number of benzene rings is 2. The lowest BCUT2D eigenvalue weighted by molar-refractivity contribution is 0.147. The van der Waals surface area contributed by atoms with Crippen molar-refractivity contribution in [1.82, 2.24) is 19.7 Å². The molecule has 2 N–H and O–H groups in total. The highest BCUT2D eigenvalue weighted by atomic mass is 32.2. The summed E-state index contributed by atoms with van der Waals surface area (Å²) in [6.45, 7) is 1.08. The maximum Gasteiger partial charge on any atom is 0.238 e. The van der Waals surface area contributed by atoms with Gasteiger partial charge in [-0.25, -0.2) is 27.6 Å². The molecule has 0 saturated heterocycles. The summed E-state index contributed by atoms with van der Waals surface area (Å²) in [6.07, 6.45) is 6.54. The Hall–Kier alpha value is -3.13. The van der Waals surface area contributed by atoms with E-state index in [0.717, 1.165) is 37.3 Å². The summed E-state index contributed by atoms with van der Waals surface area (Å²) in [6, 6.07) is 15.8. The normalized spacial score (nSPS) is 14.8. The number of primary sulfonamides is 1. The van der Waals surface area contributed by atoms with Crippen molar-refractivity contribution in [2.24, 2.45) is 5.14 Å². The van der Waals surface area contributed by atoms with Crippen LogP contribution in [0, 0.1) is 17.1 Å². The Balaban J connectivity index is 1.70. The molecule has 0 aliphatic heterocycles. The van der Waals surface area contributed by atoms with E-state index in [0.29, 0.717) is 43.6 Å². The number of hydrogen-bond acceptors (Lipinski definition) is 6. The molecule has 8 nitrogen and oxygen atoms in total. The van der Waals surface area contributed by atoms with Crippen molar-refractivity contribution in [3.8, 4) is 11.8 Å². The van der Waals surface area contributed by atoms with Crippen LogP contribution in [-0.2, 0) is 23.0 Å². The monoisotopic (exact) mass is 496 g/mol. The van der Waals surface area contributed by atoms with Crippen molar-refractivity contribution in [3.63, 3.8) is 0 Å². The molecule has 3 aromatic rings. The van der Waals surface area contributed by atoms with Crippen LogP contribution in [0.2, 0.25) is 0 Å². The summed E-state index contributed by atoms with van der Waals surface area (Å²) >= 11 is 0. The minimum atomic E-state index is -4.03. The number of rotatable bonds is 9. The predicted octanol–water partition coefficient (Wildman–Crippen LogP) is 3.69. The van der Waals surface area contributed by atoms with Gasteiger partial charge in [-0.15, -0.1) is 5.10 Å². The van der Waals surface area contributed by atoms with E-state index in [1.807, 2.05) is 30.3 Å². The molecule has 4 rings (SSSR count). The SMILES string of the molecule is N#CCCN(Cc1nc(Cc2ccccc2)n(-c2ccc(S(N)(=O)=O)cc2F)n1)C1CCCCC1. The first-order valence-corrected chi connectivity index (χ1v) is 13.3. The zero-order chi connectivity index (χ0) is 24.8. The molecule has 0 bridgehead atoms. The lowest BCUT2D eigenvalue weighted by Gasteiger charge is -2.33. The van der Waals surface area contributed by atoms with Crippen molar-refractivity contribution < 1.29 is 12.8 Å². The third-order valence-corrected chi connectivity index (χ3v) is 7.26. The first-order valence-electron chi connectivity index (χ1n) is 11.8. The lowest BCUT2D eigenvalue weighted by atomic mass is 9.94. The van der Waals surface area contributed by atoms with Gasteiger partial charge in [-0.1, -0.05) is 49.6 Å². The fourth-order valence-electron chi connectivity index (χ4n) is 4.59. The van der Waals surface area contributed by atoms with Crippen LogP contribution in [0.15, 0.2) is 53.4 Å². The van der Waals surface area contributed by atoms with E-state index in [4.69, 9.17) is 15.4 Å². The number of halogens is 1. The lowest BCUT2D eigenvalue weighted by Crippen LogP contribution is -2.37. The molecule has 1 aliphatic rings. The standard InChI is InChI=1S/C25H29FN6O2S/c26-22-17-21(35(28,33)34)12-13-23(22)32-25(16-19-8-3-1-4-9-19)29-24(30-32)18-31(15-7-14-27)20-10-5-2-6-11-20/h1,3-4,8-9,12-13,17,20H,2,5-7,10-11,15-16,18H2,(H2,28,33,34). The molecular formula is C25H29FN6O2S. The fraction of sp³-hybridized carbons (Fsp3) is 0.400. The van der Waals surface area contributed by atoms with Crippen LogP contribution in [0.5, 0.6) is 0 Å². The highest BCUT2D eigenvalue weighted by molar-refractivity contribution is 7.89. The first kappa shape index (κ1) is 25.0. The zero-order valence-electron chi connectivity index (χ0n) is 19.5. The Kier molecular flexibility index (Phi) is 7.90. The Morgan fingerprint density at radius 1 is 1.14 bits per heavy atom. The second-order valence-corrected chi connectivity index (χ2v) is 10.4. The Morgan fingerprint density at radius 2 is 1.89 bits per heavy atom. The van der Waals surface area contributed by atoms with E-state index in [2.05, 4.69) is 16.1 Å². The van der Waals surface area contributed by atoms with Crippen LogP contribution in [0.4, 0.5) is 4.39 Å². The topological polar surface area (TPSA) is 118 Å². The molecule has 0 radical (unpaired) electrons. The van der Waals surface area contributed by atoms with Crippen molar-refractivity contribution in [3.05, 3.63) is 71.6 Å². The molecule has 0 unspecified atom stereocenters. The van der Waals surface area contributed by atoms with Crippen LogP contribution in [-0.4, -0.2) is 40.7 Å². The zero-order valence-corrected chi connectivity index (χ0v) is 20.3. The smallest absolute Gasteiger partial charge is 0.238 e. The Bertz CT molecular complexity index is 1300. The number of aromatic nitrogens is 3. The number of nitrogens with two attached hydrogens (primary N) is 1. The van der Waals surface area contributed by atoms with Crippen LogP contribution >= 0.6 is 0 Å². The average molecular weight is 497 g/mol. The highest BCUT2D eigenvalue weighted by Crippen LogP contribution is 2.25. The van der Waals surface area contributed by atoms with Gasteiger partial charge in [0.2, 0.25) is 10.0 Å². The minimum absolute atomic E-state index is 0.100. The third kappa shape index (κ3) is 6.31. The van der Waals surface area contributed by atoms with Gasteiger partial charge in [0, 0.05) is 25.4 Å². The predicted molar refractivity (Wildman–Crippen MR) is 129 cm³/mol. The van der Waals surface area contributed by atoms with Gasteiger partial charge in [-0.3, -0.25) is 4.90 Å². The summed E-state index contributed by atoms with van der Waals surface area (Å²) in [7, 11) is -4.03. The quantitative estimate of drug-likeness (QED) is 0.483. The molecular weight excluding hydrogens is 467 g/mol. The highest BCUT2D eigenvalue weighted by Gasteiger charge is 2.24. The van der Waals surface area contributed by atoms with Crippen LogP contribution in [0.25, 0.3) is 5.69 Å². The number of nitrogens with zero attached hydrogens (tertiary/aromatic N) is 5. The van der Waals surface area contributed by atoms with E-state index in [9.17, 15) is 8.42 Å². The van der Waals surface area contributed by atoms with E-state index in [1.165, 1.54) is 23.2 Å². The second kappa shape index (κ2) is 11.1. The second-order valence-electron chi connectivity index (χ2n) is 8.85. The van der Waals surface area contributed by atoms with E-state index >= 15 is 4.39 Å². The molecule has 1 heterocycles. The maximum atomic E-state index is 15.1. The summed E-state index contributed by atoms with van der Waals surface area (Å²) in [5.74, 6) is 0.322. The van der Waals surface area contributed by atoms with Crippen molar-refractivity contribution in [2.45, 2.75) is 62.4 Å². The molecule has 0 spiro atoms. The first-order chi connectivity index (χ1) is 16.8. The largest absolute Gasteiger partial charge is 0.292 e. The van der Waals surface area contributed by atoms with Gasteiger partial charge < -0.3 is 0 Å². The van der Waals surface area contributed by atoms with E-state index < -0.39 is 15.8 Å². The molecule has 1 aliphatic carbocycles. The molecule has 0 amide bonds. The van der Waals surface area contributed by atoms with Crippen molar-refractivity contribution in [1.29, 1.82) is 5.26 Å². The van der Waals surface area contributed by atoms with Crippen LogP contribution < -0.4 is 5.14 Å². The molecule has 1 aromatic heterocycles. The molecule has 2 aromatic carbocycles.